The number of hydrogen-bond donors (Lipinski definition) is 1. The third-order valence-electron chi connectivity index (χ3n) is 5.35. The molecule has 0 aromatic carbocycles. The van der Waals surface area contributed by atoms with Crippen LogP contribution >= 0.6 is 0 Å². The summed E-state index contributed by atoms with van der Waals surface area (Å²) in [4.78, 5) is 2.70. The smallest absolute Gasteiger partial charge is 0.0153 e. The highest BCUT2D eigenvalue weighted by atomic mass is 15.2. The van der Waals surface area contributed by atoms with E-state index >= 15 is 0 Å². The molecule has 2 rings (SSSR count). The van der Waals surface area contributed by atoms with Crippen LogP contribution in [-0.4, -0.2) is 36.1 Å². The van der Waals surface area contributed by atoms with Crippen molar-refractivity contribution in [2.45, 2.75) is 77.8 Å². The molecule has 106 valence electrons. The molecule has 2 heterocycles. The van der Waals surface area contributed by atoms with Crippen LogP contribution in [0.4, 0.5) is 0 Å². The maximum atomic E-state index is 3.69. The summed E-state index contributed by atoms with van der Waals surface area (Å²) in [7, 11) is 0. The van der Waals surface area contributed by atoms with Crippen molar-refractivity contribution in [3.63, 3.8) is 0 Å². The summed E-state index contributed by atoms with van der Waals surface area (Å²) in [6, 6.07) is 0.742. The van der Waals surface area contributed by atoms with Crippen molar-refractivity contribution in [1.82, 2.24) is 10.2 Å². The SMILES string of the molecule is CC(C)(CCC(C)(C)N1CCCC1)C1CCCN1. The Bertz CT molecular complexity index is 230. The molecule has 0 bridgehead atoms. The summed E-state index contributed by atoms with van der Waals surface area (Å²) < 4.78 is 0. The maximum Gasteiger partial charge on any atom is 0.0153 e. The fraction of sp³-hybridized carbons (Fsp3) is 1.00. The van der Waals surface area contributed by atoms with Crippen LogP contribution in [0.3, 0.4) is 0 Å². The lowest BCUT2D eigenvalue weighted by molar-refractivity contribution is 0.114. The third-order valence-corrected chi connectivity index (χ3v) is 5.35. The lowest BCUT2D eigenvalue weighted by atomic mass is 9.76. The zero-order valence-corrected chi connectivity index (χ0v) is 12.9. The minimum absolute atomic E-state index is 0.395. The second-order valence-electron chi connectivity index (χ2n) is 7.64. The first kappa shape index (κ1) is 14.3. The number of nitrogens with zero attached hydrogens (tertiary/aromatic N) is 1. The van der Waals surface area contributed by atoms with Gasteiger partial charge < -0.3 is 5.32 Å². The van der Waals surface area contributed by atoms with Gasteiger partial charge in [0, 0.05) is 11.6 Å². The van der Waals surface area contributed by atoms with Gasteiger partial charge in [-0.1, -0.05) is 13.8 Å². The maximum absolute atomic E-state index is 3.69. The molecule has 0 amide bonds. The molecule has 0 aliphatic carbocycles. The molecular weight excluding hydrogens is 220 g/mol. The number of nitrogens with one attached hydrogen (secondary N) is 1. The molecule has 0 saturated carbocycles. The summed E-state index contributed by atoms with van der Waals surface area (Å²) >= 11 is 0. The standard InChI is InChI=1S/C16H32N2/c1-15(2,14-8-7-11-17-14)9-10-16(3,4)18-12-5-6-13-18/h14,17H,5-13H2,1-4H3. The molecule has 1 N–H and O–H groups in total. The van der Waals surface area contributed by atoms with Crippen molar-refractivity contribution in [2.24, 2.45) is 5.41 Å². The normalized spacial score (nSPS) is 27.0. The van der Waals surface area contributed by atoms with Crippen molar-refractivity contribution < 1.29 is 0 Å². The monoisotopic (exact) mass is 252 g/mol. The fourth-order valence-electron chi connectivity index (χ4n) is 3.63. The van der Waals surface area contributed by atoms with Crippen LogP contribution in [0.1, 0.15) is 66.2 Å². The molecule has 1 atom stereocenters. The number of likely N-dealkylation sites (tertiary alicyclic amines) is 1. The van der Waals surface area contributed by atoms with Crippen molar-refractivity contribution in [3.05, 3.63) is 0 Å². The van der Waals surface area contributed by atoms with E-state index in [1.54, 1.807) is 0 Å². The van der Waals surface area contributed by atoms with Gasteiger partial charge in [-0.15, -0.1) is 0 Å². The van der Waals surface area contributed by atoms with Crippen LogP contribution in [0.25, 0.3) is 0 Å². The molecule has 18 heavy (non-hydrogen) atoms. The van der Waals surface area contributed by atoms with Gasteiger partial charge in [0.05, 0.1) is 0 Å². The summed E-state index contributed by atoms with van der Waals surface area (Å²) in [5.74, 6) is 0. The van der Waals surface area contributed by atoms with Crippen LogP contribution in [0.15, 0.2) is 0 Å². The molecule has 0 aromatic heterocycles. The van der Waals surface area contributed by atoms with E-state index in [1.165, 1.54) is 58.2 Å². The van der Waals surface area contributed by atoms with Crippen LogP contribution in [0.5, 0.6) is 0 Å². The van der Waals surface area contributed by atoms with Gasteiger partial charge in [-0.05, 0) is 77.4 Å². The molecule has 0 aromatic rings. The number of rotatable bonds is 5. The predicted molar refractivity (Wildman–Crippen MR) is 78.9 cm³/mol. The van der Waals surface area contributed by atoms with Crippen molar-refractivity contribution in [2.75, 3.05) is 19.6 Å². The Kier molecular flexibility index (Phi) is 4.38. The van der Waals surface area contributed by atoms with Gasteiger partial charge in [-0.2, -0.15) is 0 Å². The van der Waals surface area contributed by atoms with E-state index in [0.29, 0.717) is 11.0 Å². The van der Waals surface area contributed by atoms with Gasteiger partial charge in [0.15, 0.2) is 0 Å². The Labute approximate surface area is 114 Å². The summed E-state index contributed by atoms with van der Waals surface area (Å²) in [6.45, 7) is 13.6. The second-order valence-corrected chi connectivity index (χ2v) is 7.64. The zero-order chi connectivity index (χ0) is 13.2. The van der Waals surface area contributed by atoms with Gasteiger partial charge in [0.25, 0.3) is 0 Å². The van der Waals surface area contributed by atoms with Gasteiger partial charge >= 0.3 is 0 Å². The Morgan fingerprint density at radius 2 is 1.67 bits per heavy atom. The highest BCUT2D eigenvalue weighted by Gasteiger charge is 2.35. The Hall–Kier alpha value is -0.0800. The molecule has 2 aliphatic rings. The Morgan fingerprint density at radius 1 is 1.00 bits per heavy atom. The lowest BCUT2D eigenvalue weighted by Crippen LogP contribution is -2.44. The average Bonchev–Trinajstić information content (AvgIpc) is 2.99. The van der Waals surface area contributed by atoms with E-state index in [0.717, 1.165) is 6.04 Å². The minimum atomic E-state index is 0.395. The van der Waals surface area contributed by atoms with E-state index in [-0.39, 0.29) is 0 Å². The van der Waals surface area contributed by atoms with Crippen LogP contribution < -0.4 is 5.32 Å². The molecule has 1 unspecified atom stereocenters. The molecule has 0 spiro atoms. The van der Waals surface area contributed by atoms with Crippen LogP contribution in [0, 0.1) is 5.41 Å². The average molecular weight is 252 g/mol. The van der Waals surface area contributed by atoms with Gasteiger partial charge in [0.2, 0.25) is 0 Å². The van der Waals surface area contributed by atoms with Crippen molar-refractivity contribution >= 4 is 0 Å². The van der Waals surface area contributed by atoms with Crippen molar-refractivity contribution in [1.29, 1.82) is 0 Å². The highest BCUT2D eigenvalue weighted by molar-refractivity contribution is 4.92. The zero-order valence-electron chi connectivity index (χ0n) is 12.9. The first-order valence-electron chi connectivity index (χ1n) is 7.90. The largest absolute Gasteiger partial charge is 0.313 e. The second kappa shape index (κ2) is 5.50. The van der Waals surface area contributed by atoms with Gasteiger partial charge in [-0.3, -0.25) is 4.90 Å². The summed E-state index contributed by atoms with van der Waals surface area (Å²) in [5, 5.41) is 3.69. The van der Waals surface area contributed by atoms with Gasteiger partial charge in [0.1, 0.15) is 0 Å². The highest BCUT2D eigenvalue weighted by Crippen LogP contribution is 2.36. The van der Waals surface area contributed by atoms with E-state index in [4.69, 9.17) is 0 Å². The Balaban J connectivity index is 1.85. The molecular formula is C16H32N2. The van der Waals surface area contributed by atoms with Crippen LogP contribution in [0.2, 0.25) is 0 Å². The number of hydrogen-bond acceptors (Lipinski definition) is 2. The van der Waals surface area contributed by atoms with Crippen LogP contribution in [-0.2, 0) is 0 Å². The first-order valence-corrected chi connectivity index (χ1v) is 7.90. The summed E-state index contributed by atoms with van der Waals surface area (Å²) in [5.41, 5.74) is 0.847. The molecule has 2 nitrogen and oxygen atoms in total. The van der Waals surface area contributed by atoms with E-state index < -0.39 is 0 Å². The lowest BCUT2D eigenvalue weighted by Gasteiger charge is -2.40. The predicted octanol–water partition coefficient (Wildman–Crippen LogP) is 3.42. The van der Waals surface area contributed by atoms with E-state index in [9.17, 15) is 0 Å². The molecule has 2 aliphatic heterocycles. The molecule has 0 radical (unpaired) electrons. The quantitative estimate of drug-likeness (QED) is 0.806. The minimum Gasteiger partial charge on any atom is -0.313 e. The molecule has 2 saturated heterocycles. The summed E-state index contributed by atoms with van der Waals surface area (Å²) in [6.07, 6.45) is 8.21. The fourth-order valence-corrected chi connectivity index (χ4v) is 3.63. The third kappa shape index (κ3) is 3.27. The van der Waals surface area contributed by atoms with E-state index in [2.05, 4.69) is 37.9 Å². The Morgan fingerprint density at radius 3 is 2.22 bits per heavy atom. The van der Waals surface area contributed by atoms with Gasteiger partial charge in [-0.25, -0.2) is 0 Å². The molecule has 2 heteroatoms. The van der Waals surface area contributed by atoms with E-state index in [1.807, 2.05) is 0 Å². The first-order chi connectivity index (χ1) is 8.42. The van der Waals surface area contributed by atoms with Crippen molar-refractivity contribution in [3.8, 4) is 0 Å². The molecule has 2 fully saturated rings. The topological polar surface area (TPSA) is 15.3 Å².